The summed E-state index contributed by atoms with van der Waals surface area (Å²) in [5, 5.41) is 1.22. The molecule has 1 nitrogen and oxygen atoms in total. The molecule has 3 aromatic rings. The third-order valence-corrected chi connectivity index (χ3v) is 2.80. The second-order valence-electron chi connectivity index (χ2n) is 4.00. The number of benzene rings is 2. The highest BCUT2D eigenvalue weighted by atomic mass is 14.7. The van der Waals surface area contributed by atoms with Gasteiger partial charge in [0.1, 0.15) is 0 Å². The lowest BCUT2D eigenvalue weighted by Crippen LogP contribution is -1.87. The molecule has 0 amide bonds. The molecule has 1 heterocycles. The van der Waals surface area contributed by atoms with Gasteiger partial charge in [0.2, 0.25) is 0 Å². The van der Waals surface area contributed by atoms with Crippen molar-refractivity contribution in [2.24, 2.45) is 0 Å². The van der Waals surface area contributed by atoms with E-state index in [2.05, 4.69) is 53.6 Å². The van der Waals surface area contributed by atoms with Gasteiger partial charge in [-0.2, -0.15) is 0 Å². The molecule has 0 saturated carbocycles. The molecule has 1 N–H and O–H groups in total. The number of hydrogen-bond acceptors (Lipinski definition) is 0. The third kappa shape index (κ3) is 1.72. The van der Waals surface area contributed by atoms with Gasteiger partial charge in [0.15, 0.2) is 0 Å². The zero-order valence-corrected chi connectivity index (χ0v) is 8.90. The molecule has 77 valence electrons. The van der Waals surface area contributed by atoms with Gasteiger partial charge in [-0.05, 0) is 29.7 Å². The quantitative estimate of drug-likeness (QED) is 0.660. The number of hydrogen-bond donors (Lipinski definition) is 1. The maximum Gasteiger partial charge on any atom is 0.0630 e. The molecule has 1 heteroatoms. The van der Waals surface area contributed by atoms with E-state index >= 15 is 0 Å². The van der Waals surface area contributed by atoms with Crippen molar-refractivity contribution in [2.45, 2.75) is 6.42 Å². The van der Waals surface area contributed by atoms with Crippen molar-refractivity contribution < 1.29 is 0 Å². The minimum absolute atomic E-state index is 0.982. The van der Waals surface area contributed by atoms with E-state index in [4.69, 9.17) is 0 Å². The Morgan fingerprint density at radius 2 is 1.81 bits per heavy atom. The first-order valence-electron chi connectivity index (χ1n) is 5.43. The van der Waals surface area contributed by atoms with E-state index in [0.717, 1.165) is 11.9 Å². The van der Waals surface area contributed by atoms with Crippen LogP contribution in [-0.2, 0) is 6.42 Å². The summed E-state index contributed by atoms with van der Waals surface area (Å²) in [6.45, 7) is 0. The van der Waals surface area contributed by atoms with E-state index in [9.17, 15) is 0 Å². The van der Waals surface area contributed by atoms with Crippen molar-refractivity contribution in [1.29, 1.82) is 0 Å². The Bertz CT molecular complexity index is 593. The van der Waals surface area contributed by atoms with Gasteiger partial charge in [0, 0.05) is 10.9 Å². The van der Waals surface area contributed by atoms with Crippen LogP contribution in [0.4, 0.5) is 0 Å². The third-order valence-electron chi connectivity index (χ3n) is 2.80. The molecule has 16 heavy (non-hydrogen) atoms. The maximum absolute atomic E-state index is 3.12. The highest BCUT2D eigenvalue weighted by Gasteiger charge is 1.98. The van der Waals surface area contributed by atoms with Gasteiger partial charge in [-0.25, -0.2) is 0 Å². The van der Waals surface area contributed by atoms with E-state index in [1.165, 1.54) is 16.5 Å². The molecule has 0 bridgehead atoms. The second-order valence-corrected chi connectivity index (χ2v) is 4.00. The normalized spacial score (nSPS) is 10.8. The molecule has 0 aliphatic rings. The molecule has 2 aromatic carbocycles. The molecule has 3 rings (SSSR count). The van der Waals surface area contributed by atoms with E-state index in [-0.39, 0.29) is 0 Å². The molecular formula is C15H12N. The van der Waals surface area contributed by atoms with Crippen LogP contribution in [-0.4, -0.2) is 4.98 Å². The summed E-state index contributed by atoms with van der Waals surface area (Å²) in [6.07, 6.45) is 3.99. The summed E-state index contributed by atoms with van der Waals surface area (Å²) in [5.74, 6) is 0. The number of rotatable bonds is 2. The van der Waals surface area contributed by atoms with Gasteiger partial charge in [0.05, 0.1) is 6.20 Å². The van der Waals surface area contributed by atoms with Gasteiger partial charge < -0.3 is 4.98 Å². The lowest BCUT2D eigenvalue weighted by atomic mass is 10.0. The molecule has 1 aromatic heterocycles. The zero-order valence-electron chi connectivity index (χ0n) is 8.90. The summed E-state index contributed by atoms with van der Waals surface area (Å²) in [4.78, 5) is 3.12. The van der Waals surface area contributed by atoms with Crippen LogP contribution in [0, 0.1) is 6.20 Å². The Hall–Kier alpha value is -2.02. The fourth-order valence-corrected chi connectivity index (χ4v) is 1.97. The summed E-state index contributed by atoms with van der Waals surface area (Å²) < 4.78 is 0. The van der Waals surface area contributed by atoms with E-state index in [1.54, 1.807) is 0 Å². The van der Waals surface area contributed by atoms with Crippen LogP contribution in [0.2, 0.25) is 0 Å². The Balaban J connectivity index is 1.94. The maximum atomic E-state index is 3.12. The minimum atomic E-state index is 0.982. The van der Waals surface area contributed by atoms with Crippen LogP contribution >= 0.6 is 0 Å². The van der Waals surface area contributed by atoms with E-state index in [0.29, 0.717) is 0 Å². The standard InChI is InChI=1S/C15H12N/c1-2-4-12(5-3-1)10-13-6-7-14-8-9-16-15(14)11-13/h1-8,11,16H,10H2. The van der Waals surface area contributed by atoms with Crippen molar-refractivity contribution in [3.05, 3.63) is 71.9 Å². The SMILES string of the molecule is [c]1cc2ccc(Cc3ccccc3)cc2[nH]1. The number of nitrogens with one attached hydrogen (secondary N) is 1. The average Bonchev–Trinajstić information content (AvgIpc) is 2.77. The van der Waals surface area contributed by atoms with Crippen LogP contribution in [0.5, 0.6) is 0 Å². The predicted molar refractivity (Wildman–Crippen MR) is 66.4 cm³/mol. The van der Waals surface area contributed by atoms with Crippen molar-refractivity contribution in [3.63, 3.8) is 0 Å². The summed E-state index contributed by atoms with van der Waals surface area (Å²) in [7, 11) is 0. The number of aromatic amines is 1. The first-order chi connectivity index (χ1) is 7.92. The van der Waals surface area contributed by atoms with Gasteiger partial charge in [-0.15, -0.1) is 0 Å². The predicted octanol–water partition coefficient (Wildman–Crippen LogP) is 3.56. The average molecular weight is 206 g/mol. The van der Waals surface area contributed by atoms with Gasteiger partial charge in [-0.1, -0.05) is 42.5 Å². The summed E-state index contributed by atoms with van der Waals surface area (Å²) in [5.41, 5.74) is 3.83. The summed E-state index contributed by atoms with van der Waals surface area (Å²) in [6, 6.07) is 19.0. The molecule has 0 saturated heterocycles. The van der Waals surface area contributed by atoms with Crippen LogP contribution in [0.1, 0.15) is 11.1 Å². The topological polar surface area (TPSA) is 15.8 Å². The molecular weight excluding hydrogens is 194 g/mol. The minimum Gasteiger partial charge on any atom is -0.353 e. The van der Waals surface area contributed by atoms with Crippen molar-refractivity contribution in [3.8, 4) is 0 Å². The number of fused-ring (bicyclic) bond motifs is 1. The molecule has 0 aliphatic carbocycles. The molecule has 0 fully saturated rings. The largest absolute Gasteiger partial charge is 0.353 e. The molecule has 1 radical (unpaired) electrons. The number of aromatic nitrogens is 1. The van der Waals surface area contributed by atoms with Crippen LogP contribution in [0.25, 0.3) is 10.9 Å². The first-order valence-corrected chi connectivity index (χ1v) is 5.43. The van der Waals surface area contributed by atoms with Crippen molar-refractivity contribution in [1.82, 2.24) is 4.98 Å². The Labute approximate surface area is 94.7 Å². The monoisotopic (exact) mass is 206 g/mol. The Morgan fingerprint density at radius 3 is 2.69 bits per heavy atom. The first kappa shape index (κ1) is 9.22. The fraction of sp³-hybridized carbons (Fsp3) is 0.0667. The van der Waals surface area contributed by atoms with Crippen LogP contribution in [0.3, 0.4) is 0 Å². The number of H-pyrrole nitrogens is 1. The van der Waals surface area contributed by atoms with Crippen molar-refractivity contribution in [2.75, 3.05) is 0 Å². The van der Waals surface area contributed by atoms with Gasteiger partial charge in [-0.3, -0.25) is 0 Å². The Kier molecular flexibility index (Phi) is 2.22. The zero-order chi connectivity index (χ0) is 10.8. The second kappa shape index (κ2) is 3.86. The van der Waals surface area contributed by atoms with Crippen molar-refractivity contribution >= 4 is 10.9 Å². The van der Waals surface area contributed by atoms with Crippen LogP contribution in [0.15, 0.2) is 54.6 Å². The Morgan fingerprint density at radius 1 is 0.938 bits per heavy atom. The van der Waals surface area contributed by atoms with Crippen LogP contribution < -0.4 is 0 Å². The smallest absolute Gasteiger partial charge is 0.0630 e. The van der Waals surface area contributed by atoms with E-state index < -0.39 is 0 Å². The van der Waals surface area contributed by atoms with Gasteiger partial charge >= 0.3 is 0 Å². The fourth-order valence-electron chi connectivity index (χ4n) is 1.97. The molecule has 0 spiro atoms. The molecule has 0 aliphatic heterocycles. The van der Waals surface area contributed by atoms with Gasteiger partial charge in [0.25, 0.3) is 0 Å². The summed E-state index contributed by atoms with van der Waals surface area (Å²) >= 11 is 0. The lowest BCUT2D eigenvalue weighted by molar-refractivity contribution is 1.20. The highest BCUT2D eigenvalue weighted by molar-refractivity contribution is 5.79. The molecule has 0 atom stereocenters. The highest BCUT2D eigenvalue weighted by Crippen LogP contribution is 2.16. The lowest BCUT2D eigenvalue weighted by Gasteiger charge is -2.01. The molecule has 0 unspecified atom stereocenters. The van der Waals surface area contributed by atoms with E-state index in [1.807, 2.05) is 12.1 Å².